The van der Waals surface area contributed by atoms with E-state index in [9.17, 15) is 9.59 Å². The molecule has 0 aliphatic heterocycles. The summed E-state index contributed by atoms with van der Waals surface area (Å²) >= 11 is 0. The molecule has 26 heavy (non-hydrogen) atoms. The first-order chi connectivity index (χ1) is 12.6. The smallest absolute Gasteiger partial charge is 0.315 e. The monoisotopic (exact) mass is 357 g/mol. The van der Waals surface area contributed by atoms with E-state index in [1.54, 1.807) is 6.20 Å². The number of nitrogens with zero attached hydrogens (tertiary/aromatic N) is 1. The van der Waals surface area contributed by atoms with Gasteiger partial charge < -0.3 is 14.8 Å². The van der Waals surface area contributed by atoms with Gasteiger partial charge in [-0.25, -0.2) is 0 Å². The summed E-state index contributed by atoms with van der Waals surface area (Å²) in [6, 6.07) is 7.70. The number of aryl methyl sites for hydroxylation is 2. The first kappa shape index (κ1) is 18.0. The number of hydrogen-bond acceptors (Lipinski definition) is 5. The standard InChI is InChI=1S/C19H23N3O4/c1-13-4-2-6-15(10-13)25-9-8-20-17(23)12-26-19(24)16-7-3-5-14-11-21-22-18(14)16/h2,4,6,10-11,16H,3,5,7-9,12H2,1H3,(H,20,23)(H,21,22)/t16-/m0/s1. The van der Waals surface area contributed by atoms with Crippen molar-refractivity contribution in [2.75, 3.05) is 19.8 Å². The van der Waals surface area contributed by atoms with Crippen LogP contribution in [0.4, 0.5) is 0 Å². The van der Waals surface area contributed by atoms with Gasteiger partial charge in [0, 0.05) is 0 Å². The second-order valence-electron chi connectivity index (χ2n) is 6.38. The lowest BCUT2D eigenvalue weighted by atomic mass is 9.88. The van der Waals surface area contributed by atoms with E-state index in [2.05, 4.69) is 15.5 Å². The number of carbonyl (C=O) groups excluding carboxylic acids is 2. The topological polar surface area (TPSA) is 93.3 Å². The number of carbonyl (C=O) groups is 2. The SMILES string of the molecule is Cc1cccc(OCCNC(=O)COC(=O)[C@H]2CCCc3cn[nH]c32)c1. The van der Waals surface area contributed by atoms with Crippen molar-refractivity contribution in [3.63, 3.8) is 0 Å². The molecule has 3 rings (SSSR count). The first-order valence-corrected chi connectivity index (χ1v) is 8.78. The van der Waals surface area contributed by atoms with E-state index in [0.717, 1.165) is 35.4 Å². The number of aromatic nitrogens is 2. The van der Waals surface area contributed by atoms with Gasteiger partial charge in [0.25, 0.3) is 5.91 Å². The maximum absolute atomic E-state index is 12.2. The zero-order valence-corrected chi connectivity index (χ0v) is 14.8. The fourth-order valence-corrected chi connectivity index (χ4v) is 3.05. The van der Waals surface area contributed by atoms with Crippen LogP contribution >= 0.6 is 0 Å². The minimum absolute atomic E-state index is 0.288. The van der Waals surface area contributed by atoms with Gasteiger partial charge in [-0.1, -0.05) is 12.1 Å². The highest BCUT2D eigenvalue weighted by molar-refractivity contribution is 5.83. The summed E-state index contributed by atoms with van der Waals surface area (Å²) in [6.45, 7) is 2.40. The second kappa shape index (κ2) is 8.51. The Morgan fingerprint density at radius 2 is 2.27 bits per heavy atom. The molecule has 7 nitrogen and oxygen atoms in total. The molecule has 1 aromatic carbocycles. The lowest BCUT2D eigenvalue weighted by Crippen LogP contribution is -2.33. The van der Waals surface area contributed by atoms with E-state index >= 15 is 0 Å². The van der Waals surface area contributed by atoms with Gasteiger partial charge in [-0.2, -0.15) is 5.10 Å². The lowest BCUT2D eigenvalue weighted by Gasteiger charge is -2.20. The van der Waals surface area contributed by atoms with Crippen molar-refractivity contribution in [1.29, 1.82) is 0 Å². The zero-order valence-electron chi connectivity index (χ0n) is 14.8. The number of ether oxygens (including phenoxy) is 2. The van der Waals surface area contributed by atoms with Crippen molar-refractivity contribution < 1.29 is 19.1 Å². The molecule has 138 valence electrons. The molecule has 1 aliphatic rings. The third-order valence-corrected chi connectivity index (χ3v) is 4.35. The van der Waals surface area contributed by atoms with E-state index < -0.39 is 0 Å². The van der Waals surface area contributed by atoms with Crippen molar-refractivity contribution in [3.8, 4) is 5.75 Å². The van der Waals surface area contributed by atoms with Crippen LogP contribution in [0.5, 0.6) is 5.75 Å². The maximum atomic E-state index is 12.2. The molecule has 1 amide bonds. The van der Waals surface area contributed by atoms with Crippen LogP contribution in [-0.4, -0.2) is 41.8 Å². The molecule has 2 N–H and O–H groups in total. The molecule has 2 aromatic rings. The summed E-state index contributed by atoms with van der Waals surface area (Å²) in [6.07, 6.45) is 4.28. The van der Waals surface area contributed by atoms with Gasteiger partial charge in [0.05, 0.1) is 24.4 Å². The number of benzene rings is 1. The third-order valence-electron chi connectivity index (χ3n) is 4.35. The molecule has 1 atom stereocenters. The van der Waals surface area contributed by atoms with Crippen molar-refractivity contribution in [3.05, 3.63) is 47.3 Å². The summed E-state index contributed by atoms with van der Waals surface area (Å²) in [4.78, 5) is 24.1. The number of hydrogen-bond donors (Lipinski definition) is 2. The number of esters is 1. The van der Waals surface area contributed by atoms with Gasteiger partial charge in [-0.3, -0.25) is 14.7 Å². The Kier molecular flexibility index (Phi) is 5.88. The minimum Gasteiger partial charge on any atom is -0.492 e. The summed E-state index contributed by atoms with van der Waals surface area (Å²) in [7, 11) is 0. The Balaban J connectivity index is 1.36. The fraction of sp³-hybridized carbons (Fsp3) is 0.421. The molecule has 1 aromatic heterocycles. The van der Waals surface area contributed by atoms with Crippen molar-refractivity contribution in [1.82, 2.24) is 15.5 Å². The number of rotatable bonds is 7. The van der Waals surface area contributed by atoms with Gasteiger partial charge in [-0.15, -0.1) is 0 Å². The van der Waals surface area contributed by atoms with Crippen LogP contribution < -0.4 is 10.1 Å². The second-order valence-corrected chi connectivity index (χ2v) is 6.38. The predicted octanol–water partition coefficient (Wildman–Crippen LogP) is 1.88. The highest BCUT2D eigenvalue weighted by Gasteiger charge is 2.29. The van der Waals surface area contributed by atoms with Crippen molar-refractivity contribution >= 4 is 11.9 Å². The lowest BCUT2D eigenvalue weighted by molar-refractivity contribution is -0.150. The fourth-order valence-electron chi connectivity index (χ4n) is 3.05. The number of nitrogens with one attached hydrogen (secondary N) is 2. The van der Waals surface area contributed by atoms with Gasteiger partial charge >= 0.3 is 5.97 Å². The molecular weight excluding hydrogens is 334 g/mol. The van der Waals surface area contributed by atoms with Gasteiger partial charge in [0.15, 0.2) is 6.61 Å². The Hall–Kier alpha value is -2.83. The van der Waals surface area contributed by atoms with E-state index in [1.165, 1.54) is 0 Å². The highest BCUT2D eigenvalue weighted by Crippen LogP contribution is 2.30. The van der Waals surface area contributed by atoms with Crippen molar-refractivity contribution in [2.45, 2.75) is 32.1 Å². The maximum Gasteiger partial charge on any atom is 0.315 e. The van der Waals surface area contributed by atoms with Crippen LogP contribution in [-0.2, 0) is 20.7 Å². The summed E-state index contributed by atoms with van der Waals surface area (Å²) in [5.41, 5.74) is 2.98. The Morgan fingerprint density at radius 3 is 3.12 bits per heavy atom. The zero-order chi connectivity index (χ0) is 18.4. The molecule has 0 saturated carbocycles. The average molecular weight is 357 g/mol. The number of H-pyrrole nitrogens is 1. The number of amides is 1. The van der Waals surface area contributed by atoms with Crippen LogP contribution in [0.2, 0.25) is 0 Å². The van der Waals surface area contributed by atoms with E-state index in [4.69, 9.17) is 9.47 Å². The number of fused-ring (bicyclic) bond motifs is 1. The van der Waals surface area contributed by atoms with E-state index in [0.29, 0.717) is 19.6 Å². The van der Waals surface area contributed by atoms with Crippen LogP contribution in [0.15, 0.2) is 30.5 Å². The summed E-state index contributed by atoms with van der Waals surface area (Å²) < 4.78 is 10.7. The normalized spacial score (nSPS) is 15.8. The molecule has 0 spiro atoms. The molecule has 0 unspecified atom stereocenters. The molecular formula is C19H23N3O4. The highest BCUT2D eigenvalue weighted by atomic mass is 16.5. The third kappa shape index (κ3) is 4.62. The predicted molar refractivity (Wildman–Crippen MR) is 94.9 cm³/mol. The molecule has 7 heteroatoms. The van der Waals surface area contributed by atoms with Crippen LogP contribution in [0, 0.1) is 6.92 Å². The first-order valence-electron chi connectivity index (χ1n) is 8.78. The molecule has 0 radical (unpaired) electrons. The van der Waals surface area contributed by atoms with Crippen LogP contribution in [0.3, 0.4) is 0 Å². The van der Waals surface area contributed by atoms with Gasteiger partial charge in [-0.05, 0) is 49.4 Å². The molecule has 0 bridgehead atoms. The van der Waals surface area contributed by atoms with Crippen LogP contribution in [0.1, 0.15) is 35.6 Å². The summed E-state index contributed by atoms with van der Waals surface area (Å²) in [5.74, 6) is -0.328. The Labute approximate surface area is 152 Å². The largest absolute Gasteiger partial charge is 0.492 e. The molecule has 0 saturated heterocycles. The average Bonchev–Trinajstić information content (AvgIpc) is 3.12. The van der Waals surface area contributed by atoms with Crippen molar-refractivity contribution in [2.24, 2.45) is 0 Å². The van der Waals surface area contributed by atoms with Gasteiger partial charge in [0.1, 0.15) is 12.4 Å². The number of aromatic amines is 1. The Morgan fingerprint density at radius 1 is 1.38 bits per heavy atom. The quantitative estimate of drug-likeness (QED) is 0.583. The summed E-state index contributed by atoms with van der Waals surface area (Å²) in [5, 5.41) is 9.53. The van der Waals surface area contributed by atoms with E-state index in [1.807, 2.05) is 31.2 Å². The van der Waals surface area contributed by atoms with E-state index in [-0.39, 0.29) is 24.4 Å². The van der Waals surface area contributed by atoms with Crippen LogP contribution in [0.25, 0.3) is 0 Å². The molecule has 1 aliphatic carbocycles. The molecule has 0 fully saturated rings. The molecule has 1 heterocycles. The van der Waals surface area contributed by atoms with Gasteiger partial charge in [0.2, 0.25) is 0 Å². The minimum atomic E-state index is -0.388. The Bertz CT molecular complexity index is 772.